The van der Waals surface area contributed by atoms with E-state index in [0.717, 1.165) is 32.1 Å². The Hall–Kier alpha value is -0.930. The number of carboxylic acid groups (broad SMARTS) is 1. The first-order chi connectivity index (χ1) is 15.2. The van der Waals surface area contributed by atoms with Gasteiger partial charge in [0.1, 0.15) is 42.7 Å². The van der Waals surface area contributed by atoms with Crippen LogP contribution < -0.4 is 0 Å². The van der Waals surface area contributed by atoms with Gasteiger partial charge in [0.2, 0.25) is 0 Å². The summed E-state index contributed by atoms with van der Waals surface area (Å²) in [4.78, 5) is 11.7. The Morgan fingerprint density at radius 2 is 1.44 bits per heavy atom. The van der Waals surface area contributed by atoms with Crippen LogP contribution in [-0.4, -0.2) is 116 Å². The molecular weight excluding hydrogens is 432 g/mol. The van der Waals surface area contributed by atoms with Gasteiger partial charge in [0, 0.05) is 6.61 Å². The Kier molecular flexibility index (Phi) is 11.2. The smallest absolute Gasteiger partial charge is 0.335 e. The second-order valence-electron chi connectivity index (χ2n) is 8.18. The van der Waals surface area contributed by atoms with Gasteiger partial charge in [0.25, 0.3) is 0 Å². The highest BCUT2D eigenvalue weighted by atomic mass is 16.7. The van der Waals surface area contributed by atoms with E-state index in [-0.39, 0.29) is 6.61 Å². The van der Waals surface area contributed by atoms with Gasteiger partial charge >= 0.3 is 5.97 Å². The summed E-state index contributed by atoms with van der Waals surface area (Å²) in [6, 6.07) is 0. The zero-order valence-corrected chi connectivity index (χ0v) is 18.1. The van der Waals surface area contributed by atoms with Gasteiger partial charge in [-0.1, -0.05) is 39.0 Å². The number of carbonyl (C=O) groups is 1. The fourth-order valence-electron chi connectivity index (χ4n) is 3.74. The molecule has 188 valence electrons. The van der Waals surface area contributed by atoms with Crippen molar-refractivity contribution < 1.29 is 59.5 Å². The summed E-state index contributed by atoms with van der Waals surface area (Å²) in [6.45, 7) is 1.60. The van der Waals surface area contributed by atoms with Gasteiger partial charge in [-0.2, -0.15) is 0 Å². The Morgan fingerprint density at radius 3 is 2.06 bits per heavy atom. The lowest BCUT2D eigenvalue weighted by atomic mass is 9.97. The summed E-state index contributed by atoms with van der Waals surface area (Å²) in [6.07, 6.45) is -10.5. The average Bonchev–Trinajstić information content (AvgIpc) is 2.77. The first kappa shape index (κ1) is 27.3. The van der Waals surface area contributed by atoms with E-state index < -0.39 is 74.0 Å². The first-order valence-electron chi connectivity index (χ1n) is 11.0. The Balaban J connectivity index is 1.97. The molecule has 0 aromatic carbocycles. The van der Waals surface area contributed by atoms with E-state index in [1.165, 1.54) is 0 Å². The SMILES string of the molecule is CCCCCCCCO[C@H]1O[C@H](C(=O)O)[C@@H](O[C@H]2O[C@H](CO)[C@@H](O)[C@H](O)[C@@H]2O)[C@H](O)[C@H]1O. The van der Waals surface area contributed by atoms with Crippen LogP contribution >= 0.6 is 0 Å². The predicted octanol–water partition coefficient (Wildman–Crippen LogP) is -1.92. The van der Waals surface area contributed by atoms with Crippen molar-refractivity contribution in [3.05, 3.63) is 0 Å². The maximum absolute atomic E-state index is 11.7. The van der Waals surface area contributed by atoms with Crippen molar-refractivity contribution in [2.75, 3.05) is 13.2 Å². The fraction of sp³-hybridized carbons (Fsp3) is 0.950. The minimum atomic E-state index is -1.81. The van der Waals surface area contributed by atoms with E-state index in [0.29, 0.717) is 6.42 Å². The molecule has 2 aliphatic rings. The van der Waals surface area contributed by atoms with Gasteiger partial charge in [-0.15, -0.1) is 0 Å². The molecule has 0 amide bonds. The average molecular weight is 468 g/mol. The highest BCUT2D eigenvalue weighted by Gasteiger charge is 2.52. The molecule has 0 saturated carbocycles. The van der Waals surface area contributed by atoms with Crippen molar-refractivity contribution in [1.29, 1.82) is 0 Å². The van der Waals surface area contributed by atoms with Crippen molar-refractivity contribution in [3.8, 4) is 0 Å². The largest absolute Gasteiger partial charge is 0.479 e. The van der Waals surface area contributed by atoms with Crippen molar-refractivity contribution in [1.82, 2.24) is 0 Å². The molecule has 0 aliphatic carbocycles. The van der Waals surface area contributed by atoms with Crippen LogP contribution in [0.3, 0.4) is 0 Å². The lowest BCUT2D eigenvalue weighted by molar-refractivity contribution is -0.354. The minimum Gasteiger partial charge on any atom is -0.479 e. The molecule has 0 bridgehead atoms. The number of hydrogen-bond acceptors (Lipinski definition) is 11. The summed E-state index contributed by atoms with van der Waals surface area (Å²) in [5.74, 6) is -1.52. The number of aliphatic carboxylic acids is 1. The fourth-order valence-corrected chi connectivity index (χ4v) is 3.74. The van der Waals surface area contributed by atoms with Crippen LogP contribution in [0.1, 0.15) is 45.4 Å². The van der Waals surface area contributed by atoms with Gasteiger partial charge in [0.15, 0.2) is 18.7 Å². The molecule has 2 aliphatic heterocycles. The number of unbranched alkanes of at least 4 members (excludes halogenated alkanes) is 5. The van der Waals surface area contributed by atoms with Crippen molar-refractivity contribution in [2.24, 2.45) is 0 Å². The van der Waals surface area contributed by atoms with Crippen LogP contribution in [0.15, 0.2) is 0 Å². The zero-order valence-electron chi connectivity index (χ0n) is 18.1. The second kappa shape index (κ2) is 13.1. The number of aliphatic hydroxyl groups is 6. The van der Waals surface area contributed by atoms with Gasteiger partial charge in [0.05, 0.1) is 6.61 Å². The van der Waals surface area contributed by atoms with Crippen LogP contribution in [0.25, 0.3) is 0 Å². The highest BCUT2D eigenvalue weighted by Crippen LogP contribution is 2.29. The molecule has 0 radical (unpaired) electrons. The Morgan fingerprint density at radius 1 is 0.812 bits per heavy atom. The van der Waals surface area contributed by atoms with Gasteiger partial charge in [-0.05, 0) is 6.42 Å². The van der Waals surface area contributed by atoms with Crippen LogP contribution in [0.5, 0.6) is 0 Å². The third-order valence-corrected chi connectivity index (χ3v) is 5.71. The van der Waals surface area contributed by atoms with E-state index in [1.807, 2.05) is 0 Å². The molecule has 2 rings (SSSR count). The number of ether oxygens (including phenoxy) is 4. The Bertz CT molecular complexity index is 561. The molecule has 2 saturated heterocycles. The topological polar surface area (TPSA) is 196 Å². The third kappa shape index (κ3) is 6.79. The summed E-state index contributed by atoms with van der Waals surface area (Å²) in [5, 5.41) is 69.4. The predicted molar refractivity (Wildman–Crippen MR) is 106 cm³/mol. The summed E-state index contributed by atoms with van der Waals surface area (Å²) in [7, 11) is 0. The Labute approximate surface area is 186 Å². The highest BCUT2D eigenvalue weighted by molar-refractivity contribution is 5.73. The van der Waals surface area contributed by atoms with E-state index in [1.54, 1.807) is 0 Å². The third-order valence-electron chi connectivity index (χ3n) is 5.71. The number of hydrogen-bond donors (Lipinski definition) is 7. The van der Waals surface area contributed by atoms with Crippen LogP contribution in [-0.2, 0) is 23.7 Å². The standard InChI is InChI=1S/C20H36O12/c1-2-3-4-5-6-7-8-29-19-15(26)13(24)16(17(32-19)18(27)28)31-20-14(25)12(23)11(22)10(9-21)30-20/h10-17,19-26H,2-9H2,1H3,(H,27,28)/t10-,11-,12+,13-,14+,15-,16+,17+,19+,20-/m1/s1. The maximum atomic E-state index is 11.7. The maximum Gasteiger partial charge on any atom is 0.335 e. The second-order valence-corrected chi connectivity index (χ2v) is 8.18. The van der Waals surface area contributed by atoms with Crippen LogP contribution in [0, 0.1) is 0 Å². The number of carboxylic acids is 1. The lowest BCUT2D eigenvalue weighted by Crippen LogP contribution is -2.65. The summed E-state index contributed by atoms with van der Waals surface area (Å²) < 4.78 is 21.3. The molecule has 32 heavy (non-hydrogen) atoms. The molecule has 2 heterocycles. The zero-order chi connectivity index (χ0) is 23.8. The van der Waals surface area contributed by atoms with E-state index in [2.05, 4.69) is 6.92 Å². The number of rotatable bonds is 12. The molecule has 10 atom stereocenters. The quantitative estimate of drug-likeness (QED) is 0.157. The summed E-state index contributed by atoms with van der Waals surface area (Å²) in [5.41, 5.74) is 0. The molecule has 0 spiro atoms. The lowest BCUT2D eigenvalue weighted by Gasteiger charge is -2.45. The first-order valence-corrected chi connectivity index (χ1v) is 11.0. The molecule has 0 aromatic heterocycles. The van der Waals surface area contributed by atoms with Crippen molar-refractivity contribution in [2.45, 2.75) is 107 Å². The molecule has 0 aromatic rings. The molecule has 7 N–H and O–H groups in total. The van der Waals surface area contributed by atoms with Gasteiger partial charge < -0.3 is 54.7 Å². The normalized spacial score (nSPS) is 40.3. The molecule has 12 heteroatoms. The van der Waals surface area contributed by atoms with E-state index in [4.69, 9.17) is 18.9 Å². The molecule has 0 unspecified atom stereocenters. The van der Waals surface area contributed by atoms with E-state index >= 15 is 0 Å². The van der Waals surface area contributed by atoms with Crippen LogP contribution in [0.2, 0.25) is 0 Å². The minimum absolute atomic E-state index is 0.200. The molecule has 2 fully saturated rings. The number of aliphatic hydroxyl groups excluding tert-OH is 6. The molecule has 12 nitrogen and oxygen atoms in total. The van der Waals surface area contributed by atoms with E-state index in [9.17, 15) is 40.5 Å². The van der Waals surface area contributed by atoms with Gasteiger partial charge in [-0.3, -0.25) is 0 Å². The monoisotopic (exact) mass is 468 g/mol. The molecular formula is C20H36O12. The van der Waals surface area contributed by atoms with Crippen LogP contribution in [0.4, 0.5) is 0 Å². The van der Waals surface area contributed by atoms with Crippen molar-refractivity contribution in [3.63, 3.8) is 0 Å². The van der Waals surface area contributed by atoms with Gasteiger partial charge in [-0.25, -0.2) is 4.79 Å². The van der Waals surface area contributed by atoms with Crippen molar-refractivity contribution >= 4 is 5.97 Å². The summed E-state index contributed by atoms with van der Waals surface area (Å²) >= 11 is 0.